The zero-order valence-corrected chi connectivity index (χ0v) is 12.9. The van der Waals surface area contributed by atoms with Gasteiger partial charge in [0, 0.05) is 10.1 Å². The summed E-state index contributed by atoms with van der Waals surface area (Å²) in [5.41, 5.74) is 6.95. The summed E-state index contributed by atoms with van der Waals surface area (Å²) in [6.45, 7) is 3.87. The third-order valence-corrected chi connectivity index (χ3v) is 5.21. The summed E-state index contributed by atoms with van der Waals surface area (Å²) in [6.07, 6.45) is 0.221. The number of amides is 1. The number of thioether (sulfide) groups is 1. The highest BCUT2D eigenvalue weighted by Crippen LogP contribution is 2.38. The minimum absolute atomic E-state index is 0.0951. The van der Waals surface area contributed by atoms with Gasteiger partial charge in [-0.1, -0.05) is 23.9 Å². The minimum atomic E-state index is -0.355. The van der Waals surface area contributed by atoms with E-state index in [0.29, 0.717) is 0 Å². The summed E-state index contributed by atoms with van der Waals surface area (Å²) >= 11 is 3.03. The van der Waals surface area contributed by atoms with Gasteiger partial charge < -0.3 is 5.73 Å². The quantitative estimate of drug-likeness (QED) is 0.860. The van der Waals surface area contributed by atoms with Crippen LogP contribution in [0.5, 0.6) is 0 Å². The van der Waals surface area contributed by atoms with Gasteiger partial charge >= 0.3 is 0 Å². The molecule has 0 spiro atoms. The lowest BCUT2D eigenvalue weighted by molar-refractivity contribution is -0.117. The van der Waals surface area contributed by atoms with Crippen LogP contribution in [0.25, 0.3) is 0 Å². The molecule has 106 valence electrons. The number of thiazole rings is 1. The highest BCUT2D eigenvalue weighted by Gasteiger charge is 2.14. The van der Waals surface area contributed by atoms with Crippen molar-refractivity contribution in [2.45, 2.75) is 29.9 Å². The van der Waals surface area contributed by atoms with Gasteiger partial charge in [-0.2, -0.15) is 0 Å². The number of primary amides is 1. The van der Waals surface area contributed by atoms with Crippen molar-refractivity contribution in [3.63, 3.8) is 0 Å². The van der Waals surface area contributed by atoms with Gasteiger partial charge in [-0.05, 0) is 31.5 Å². The van der Waals surface area contributed by atoms with Crippen molar-refractivity contribution in [3.8, 4) is 0 Å². The van der Waals surface area contributed by atoms with E-state index in [1.54, 1.807) is 17.8 Å². The number of nitrogens with two attached hydrogens (primary N) is 1. The van der Waals surface area contributed by atoms with Crippen molar-refractivity contribution in [1.82, 2.24) is 4.98 Å². The van der Waals surface area contributed by atoms with E-state index in [1.807, 2.05) is 19.9 Å². The lowest BCUT2D eigenvalue weighted by Gasteiger charge is -2.09. The van der Waals surface area contributed by atoms with Crippen molar-refractivity contribution in [2.24, 2.45) is 5.73 Å². The number of nitrogens with zero attached hydrogens (tertiary/aromatic N) is 1. The summed E-state index contributed by atoms with van der Waals surface area (Å²) in [6, 6.07) is 6.56. The largest absolute Gasteiger partial charge is 0.369 e. The van der Waals surface area contributed by atoms with Crippen LogP contribution < -0.4 is 5.73 Å². The Balaban J connectivity index is 2.12. The van der Waals surface area contributed by atoms with Crippen LogP contribution in [0.4, 0.5) is 4.39 Å². The summed E-state index contributed by atoms with van der Waals surface area (Å²) in [5.74, 6) is -0.592. The molecule has 2 N–H and O–H groups in total. The van der Waals surface area contributed by atoms with Crippen molar-refractivity contribution in [1.29, 1.82) is 0 Å². The maximum atomic E-state index is 13.2. The fourth-order valence-electron chi connectivity index (χ4n) is 1.75. The molecule has 1 heterocycles. The zero-order chi connectivity index (χ0) is 14.7. The van der Waals surface area contributed by atoms with Crippen molar-refractivity contribution >= 4 is 29.0 Å². The zero-order valence-electron chi connectivity index (χ0n) is 11.2. The maximum absolute atomic E-state index is 13.2. The van der Waals surface area contributed by atoms with Crippen molar-refractivity contribution < 1.29 is 9.18 Å². The second-order valence-corrected chi connectivity index (χ2v) is 7.12. The van der Waals surface area contributed by atoms with Gasteiger partial charge in [0.25, 0.3) is 0 Å². The molecule has 0 fully saturated rings. The first kappa shape index (κ1) is 15.0. The van der Waals surface area contributed by atoms with Crippen LogP contribution in [0, 0.1) is 12.7 Å². The van der Waals surface area contributed by atoms with Crippen LogP contribution >= 0.6 is 23.1 Å². The first-order valence-corrected chi connectivity index (χ1v) is 7.82. The summed E-state index contributed by atoms with van der Waals surface area (Å²) < 4.78 is 14.1. The van der Waals surface area contributed by atoms with Crippen LogP contribution in [0.1, 0.15) is 28.3 Å². The maximum Gasteiger partial charge on any atom is 0.222 e. The molecule has 2 rings (SSSR count). The molecule has 1 amide bonds. The SMILES string of the molecule is Cc1nc(SC(C)c2cccc(F)c2)sc1CC(N)=O. The Hall–Kier alpha value is -1.40. The Bertz CT molecular complexity index is 627. The monoisotopic (exact) mass is 310 g/mol. The van der Waals surface area contributed by atoms with Gasteiger partial charge in [0.05, 0.1) is 12.1 Å². The van der Waals surface area contributed by atoms with Crippen LogP contribution in [0.2, 0.25) is 0 Å². The molecule has 0 aliphatic carbocycles. The number of hydrogen-bond acceptors (Lipinski definition) is 4. The fourth-order valence-corrected chi connectivity index (χ4v) is 4.26. The van der Waals surface area contributed by atoms with Gasteiger partial charge in [0.1, 0.15) is 5.82 Å². The third-order valence-electron chi connectivity index (χ3n) is 2.80. The van der Waals surface area contributed by atoms with E-state index in [2.05, 4.69) is 4.98 Å². The van der Waals surface area contributed by atoms with Crippen LogP contribution in [0.15, 0.2) is 28.6 Å². The van der Waals surface area contributed by atoms with Gasteiger partial charge in [0.2, 0.25) is 5.91 Å². The molecule has 0 radical (unpaired) electrons. The lowest BCUT2D eigenvalue weighted by Crippen LogP contribution is -2.13. The molecule has 0 saturated heterocycles. The van der Waals surface area contributed by atoms with E-state index in [0.717, 1.165) is 20.5 Å². The lowest BCUT2D eigenvalue weighted by atomic mass is 10.2. The van der Waals surface area contributed by atoms with E-state index in [4.69, 9.17) is 5.73 Å². The highest BCUT2D eigenvalue weighted by atomic mass is 32.2. The minimum Gasteiger partial charge on any atom is -0.369 e. The Labute approximate surface area is 125 Å². The number of benzene rings is 1. The summed E-state index contributed by atoms with van der Waals surface area (Å²) in [4.78, 5) is 16.3. The number of halogens is 1. The van der Waals surface area contributed by atoms with E-state index in [1.165, 1.54) is 23.5 Å². The molecule has 1 unspecified atom stereocenters. The number of rotatable bonds is 5. The molecule has 0 aliphatic rings. The van der Waals surface area contributed by atoms with E-state index in [-0.39, 0.29) is 23.4 Å². The fraction of sp³-hybridized carbons (Fsp3) is 0.286. The standard InChI is InChI=1S/C14H15FN2OS2/c1-8-12(7-13(16)18)20-14(17-8)19-9(2)10-4-3-5-11(15)6-10/h3-6,9H,7H2,1-2H3,(H2,16,18). The first-order valence-electron chi connectivity index (χ1n) is 6.12. The van der Waals surface area contributed by atoms with Crippen LogP contribution in [0.3, 0.4) is 0 Å². The number of carbonyl (C=O) groups is 1. The molecule has 1 aromatic heterocycles. The topological polar surface area (TPSA) is 56.0 Å². The Morgan fingerprint density at radius 2 is 2.30 bits per heavy atom. The van der Waals surface area contributed by atoms with Gasteiger partial charge in [-0.15, -0.1) is 11.3 Å². The number of carbonyl (C=O) groups excluding carboxylic acids is 1. The van der Waals surface area contributed by atoms with E-state index < -0.39 is 0 Å². The number of aromatic nitrogens is 1. The van der Waals surface area contributed by atoms with E-state index in [9.17, 15) is 9.18 Å². The molecule has 3 nitrogen and oxygen atoms in total. The molecular weight excluding hydrogens is 295 g/mol. The Morgan fingerprint density at radius 1 is 1.55 bits per heavy atom. The molecule has 2 aromatic rings. The van der Waals surface area contributed by atoms with Crippen molar-refractivity contribution in [3.05, 3.63) is 46.2 Å². The molecule has 0 aliphatic heterocycles. The molecule has 1 atom stereocenters. The molecule has 0 bridgehead atoms. The Morgan fingerprint density at radius 3 is 2.95 bits per heavy atom. The average molecular weight is 310 g/mol. The molecule has 1 aromatic carbocycles. The van der Waals surface area contributed by atoms with Gasteiger partial charge in [0.15, 0.2) is 4.34 Å². The molecule has 20 heavy (non-hydrogen) atoms. The third kappa shape index (κ3) is 3.80. The molecule has 6 heteroatoms. The second-order valence-electron chi connectivity index (χ2n) is 4.45. The van der Waals surface area contributed by atoms with Gasteiger partial charge in [-0.25, -0.2) is 9.37 Å². The van der Waals surface area contributed by atoms with Crippen molar-refractivity contribution in [2.75, 3.05) is 0 Å². The van der Waals surface area contributed by atoms with Gasteiger partial charge in [-0.3, -0.25) is 4.79 Å². The first-order chi connectivity index (χ1) is 9.45. The van der Waals surface area contributed by atoms with Crippen LogP contribution in [-0.4, -0.2) is 10.9 Å². The summed E-state index contributed by atoms with van der Waals surface area (Å²) in [5, 5.41) is 0.0951. The number of hydrogen-bond donors (Lipinski definition) is 1. The smallest absolute Gasteiger partial charge is 0.222 e. The van der Waals surface area contributed by atoms with E-state index >= 15 is 0 Å². The average Bonchev–Trinajstić information content (AvgIpc) is 2.68. The second kappa shape index (κ2) is 6.37. The normalized spacial score (nSPS) is 12.3. The predicted molar refractivity (Wildman–Crippen MR) is 80.4 cm³/mol. The number of aryl methyl sites for hydroxylation is 1. The molecular formula is C14H15FN2OS2. The highest BCUT2D eigenvalue weighted by molar-refractivity contribution is 8.01. The van der Waals surface area contributed by atoms with Crippen LogP contribution in [-0.2, 0) is 11.2 Å². The summed E-state index contributed by atoms with van der Waals surface area (Å²) in [7, 11) is 0. The molecule has 0 saturated carbocycles. The Kier molecular flexibility index (Phi) is 4.77. The predicted octanol–water partition coefficient (Wildman–Crippen LogP) is 3.47.